The van der Waals surface area contributed by atoms with Crippen molar-refractivity contribution in [3.63, 3.8) is 0 Å². The van der Waals surface area contributed by atoms with Gasteiger partial charge in [0.2, 0.25) is 0 Å². The van der Waals surface area contributed by atoms with Crippen LogP contribution < -0.4 is 9.47 Å². The van der Waals surface area contributed by atoms with Gasteiger partial charge in [-0.2, -0.15) is 0 Å². The van der Waals surface area contributed by atoms with Crippen molar-refractivity contribution in [1.82, 2.24) is 0 Å². The fourth-order valence-electron chi connectivity index (χ4n) is 1.55. The molecule has 0 aliphatic carbocycles. The Balaban J connectivity index is 3.02. The highest BCUT2D eigenvalue weighted by atomic mass is 79.9. The second-order valence-corrected chi connectivity index (χ2v) is 4.30. The molecular weight excluding hydrogens is 313 g/mol. The van der Waals surface area contributed by atoms with E-state index in [4.69, 9.17) is 4.74 Å². The zero-order chi connectivity index (χ0) is 13.6. The Morgan fingerprint density at radius 2 is 1.89 bits per heavy atom. The second-order valence-electron chi connectivity index (χ2n) is 3.51. The number of halogens is 4. The van der Waals surface area contributed by atoms with E-state index < -0.39 is 6.36 Å². The van der Waals surface area contributed by atoms with E-state index in [-0.39, 0.29) is 5.75 Å². The van der Waals surface area contributed by atoms with Crippen LogP contribution in [0.5, 0.6) is 11.5 Å². The molecule has 0 amide bonds. The van der Waals surface area contributed by atoms with Crippen molar-refractivity contribution in [2.24, 2.45) is 0 Å². The molecule has 0 N–H and O–H groups in total. The third-order valence-corrected chi connectivity index (χ3v) is 2.74. The SMILES string of the molecule is CCOc1cccc(OC(F)(F)F)c1CCCBr. The van der Waals surface area contributed by atoms with Crippen molar-refractivity contribution in [3.05, 3.63) is 23.8 Å². The van der Waals surface area contributed by atoms with Crippen LogP contribution in [0.25, 0.3) is 0 Å². The molecule has 1 rings (SSSR count). The van der Waals surface area contributed by atoms with Crippen LogP contribution in [0.3, 0.4) is 0 Å². The molecule has 0 spiro atoms. The Hall–Kier alpha value is -0.910. The molecule has 0 atom stereocenters. The molecule has 0 saturated heterocycles. The van der Waals surface area contributed by atoms with Gasteiger partial charge in [0, 0.05) is 10.9 Å². The van der Waals surface area contributed by atoms with Gasteiger partial charge in [0.25, 0.3) is 0 Å². The summed E-state index contributed by atoms with van der Waals surface area (Å²) in [6.45, 7) is 2.18. The summed E-state index contributed by atoms with van der Waals surface area (Å²) in [5, 5.41) is 0.707. The number of hydrogen-bond acceptors (Lipinski definition) is 2. The molecule has 0 fully saturated rings. The number of ether oxygens (including phenoxy) is 2. The zero-order valence-electron chi connectivity index (χ0n) is 9.89. The molecule has 102 valence electrons. The van der Waals surface area contributed by atoms with E-state index in [1.165, 1.54) is 12.1 Å². The predicted octanol–water partition coefficient (Wildman–Crippen LogP) is 4.31. The number of benzene rings is 1. The van der Waals surface area contributed by atoms with Crippen molar-refractivity contribution in [3.8, 4) is 11.5 Å². The second kappa shape index (κ2) is 6.87. The molecule has 2 nitrogen and oxygen atoms in total. The van der Waals surface area contributed by atoms with Gasteiger partial charge in [0.05, 0.1) is 6.61 Å². The lowest BCUT2D eigenvalue weighted by atomic mass is 10.1. The first-order valence-corrected chi connectivity index (χ1v) is 6.66. The fraction of sp³-hybridized carbons (Fsp3) is 0.500. The summed E-state index contributed by atoms with van der Waals surface area (Å²) >= 11 is 3.25. The Bertz CT molecular complexity index is 380. The minimum absolute atomic E-state index is 0.186. The van der Waals surface area contributed by atoms with E-state index in [1.807, 2.05) is 0 Å². The van der Waals surface area contributed by atoms with Crippen LogP contribution in [0.15, 0.2) is 18.2 Å². The summed E-state index contributed by atoms with van der Waals surface area (Å²) in [5.74, 6) is 0.259. The smallest absolute Gasteiger partial charge is 0.493 e. The molecule has 6 heteroatoms. The van der Waals surface area contributed by atoms with Gasteiger partial charge in [-0.05, 0) is 31.9 Å². The first-order valence-electron chi connectivity index (χ1n) is 5.54. The van der Waals surface area contributed by atoms with Gasteiger partial charge in [-0.3, -0.25) is 0 Å². The van der Waals surface area contributed by atoms with Crippen LogP contribution in [0.2, 0.25) is 0 Å². The average molecular weight is 327 g/mol. The van der Waals surface area contributed by atoms with Gasteiger partial charge >= 0.3 is 6.36 Å². The van der Waals surface area contributed by atoms with Crippen LogP contribution in [-0.4, -0.2) is 18.3 Å². The summed E-state index contributed by atoms with van der Waals surface area (Å²) in [4.78, 5) is 0. The Kier molecular flexibility index (Phi) is 5.78. The van der Waals surface area contributed by atoms with E-state index in [0.717, 1.165) is 0 Å². The summed E-state index contributed by atoms with van der Waals surface area (Å²) < 4.78 is 46.2. The highest BCUT2D eigenvalue weighted by Crippen LogP contribution is 2.33. The van der Waals surface area contributed by atoms with E-state index >= 15 is 0 Å². The van der Waals surface area contributed by atoms with Gasteiger partial charge < -0.3 is 9.47 Å². The van der Waals surface area contributed by atoms with Gasteiger partial charge in [-0.25, -0.2) is 0 Å². The van der Waals surface area contributed by atoms with Crippen molar-refractivity contribution in [2.75, 3.05) is 11.9 Å². The minimum atomic E-state index is -4.69. The molecule has 0 saturated carbocycles. The Labute approximate surface area is 112 Å². The fourth-order valence-corrected chi connectivity index (χ4v) is 1.83. The quantitative estimate of drug-likeness (QED) is 0.725. The third kappa shape index (κ3) is 4.76. The van der Waals surface area contributed by atoms with Crippen molar-refractivity contribution >= 4 is 15.9 Å². The summed E-state index contributed by atoms with van der Waals surface area (Å²) in [7, 11) is 0. The maximum absolute atomic E-state index is 12.3. The first kappa shape index (κ1) is 15.1. The van der Waals surface area contributed by atoms with E-state index in [0.29, 0.717) is 36.1 Å². The zero-order valence-corrected chi connectivity index (χ0v) is 11.5. The highest BCUT2D eigenvalue weighted by molar-refractivity contribution is 9.09. The molecule has 1 aromatic carbocycles. The maximum atomic E-state index is 12.3. The molecule has 1 aromatic rings. The molecule has 18 heavy (non-hydrogen) atoms. The van der Waals surface area contributed by atoms with Gasteiger partial charge in [0.15, 0.2) is 0 Å². The van der Waals surface area contributed by atoms with Crippen LogP contribution in [0.1, 0.15) is 18.9 Å². The Morgan fingerprint density at radius 1 is 1.22 bits per heavy atom. The lowest BCUT2D eigenvalue weighted by molar-refractivity contribution is -0.274. The maximum Gasteiger partial charge on any atom is 0.573 e. The average Bonchev–Trinajstić information content (AvgIpc) is 2.26. The van der Waals surface area contributed by atoms with Crippen LogP contribution in [-0.2, 0) is 6.42 Å². The molecule has 0 aromatic heterocycles. The largest absolute Gasteiger partial charge is 0.573 e. The van der Waals surface area contributed by atoms with E-state index in [9.17, 15) is 13.2 Å². The highest BCUT2D eigenvalue weighted by Gasteiger charge is 2.32. The van der Waals surface area contributed by atoms with Gasteiger partial charge in [-0.1, -0.05) is 22.0 Å². The van der Waals surface area contributed by atoms with Crippen LogP contribution in [0.4, 0.5) is 13.2 Å². The van der Waals surface area contributed by atoms with Gasteiger partial charge in [0.1, 0.15) is 11.5 Å². The topological polar surface area (TPSA) is 18.5 Å². The first-order chi connectivity index (χ1) is 8.48. The normalized spacial score (nSPS) is 11.4. The summed E-state index contributed by atoms with van der Waals surface area (Å²) in [6, 6.07) is 4.44. The lowest BCUT2D eigenvalue weighted by Crippen LogP contribution is -2.18. The van der Waals surface area contributed by atoms with Crippen molar-refractivity contribution < 1.29 is 22.6 Å². The van der Waals surface area contributed by atoms with Crippen LogP contribution in [0, 0.1) is 0 Å². The number of hydrogen-bond donors (Lipinski definition) is 0. The molecule has 0 unspecified atom stereocenters. The molecule has 0 heterocycles. The van der Waals surface area contributed by atoms with E-state index in [2.05, 4.69) is 20.7 Å². The third-order valence-electron chi connectivity index (χ3n) is 2.18. The molecular formula is C12H14BrF3O2. The monoisotopic (exact) mass is 326 g/mol. The summed E-state index contributed by atoms with van der Waals surface area (Å²) in [5.41, 5.74) is 0.455. The minimum Gasteiger partial charge on any atom is -0.493 e. The molecule has 0 bridgehead atoms. The number of rotatable bonds is 6. The van der Waals surface area contributed by atoms with E-state index in [1.54, 1.807) is 13.0 Å². The molecule has 0 aliphatic rings. The van der Waals surface area contributed by atoms with Crippen molar-refractivity contribution in [2.45, 2.75) is 26.1 Å². The lowest BCUT2D eigenvalue weighted by Gasteiger charge is -2.16. The van der Waals surface area contributed by atoms with Crippen molar-refractivity contribution in [1.29, 1.82) is 0 Å². The van der Waals surface area contributed by atoms with Crippen LogP contribution >= 0.6 is 15.9 Å². The summed E-state index contributed by atoms with van der Waals surface area (Å²) in [6.07, 6.45) is -3.51. The molecule has 0 aliphatic heterocycles. The van der Waals surface area contributed by atoms with Gasteiger partial charge in [-0.15, -0.1) is 13.2 Å². The standard InChI is InChI=1S/C12H14BrF3O2/c1-2-17-10-6-3-7-11(18-12(14,15)16)9(10)5-4-8-13/h3,6-7H,2,4-5,8H2,1H3. The Morgan fingerprint density at radius 3 is 2.44 bits per heavy atom. The molecule has 0 radical (unpaired) electrons. The predicted molar refractivity (Wildman–Crippen MR) is 66.4 cm³/mol. The number of alkyl halides is 4.